The van der Waals surface area contributed by atoms with E-state index in [1.165, 1.54) is 11.8 Å². The molecule has 2 nitrogen and oxygen atoms in total. The van der Waals surface area contributed by atoms with Gasteiger partial charge in [0.15, 0.2) is 0 Å². The molecule has 0 unspecified atom stereocenters. The van der Waals surface area contributed by atoms with Gasteiger partial charge in [0.25, 0.3) is 0 Å². The van der Waals surface area contributed by atoms with Crippen molar-refractivity contribution in [1.82, 2.24) is 4.98 Å². The first-order valence-electron chi connectivity index (χ1n) is 7.98. The number of hydrogen-bond acceptors (Lipinski definition) is 3. The Balaban J connectivity index is 1.95. The molecular formula is C19H13F6NOS. The topological polar surface area (TPSA) is 26.0 Å². The van der Waals surface area contributed by atoms with Crippen molar-refractivity contribution in [2.24, 2.45) is 0 Å². The average molecular weight is 417 g/mol. The van der Waals surface area contributed by atoms with Crippen molar-refractivity contribution < 1.29 is 30.8 Å². The standard InChI is InChI=1S/C19H13F6NOS/c1-11-16(10-28-15-5-3-2-4-6-15)26-17(27-11)12-7-13(18(20,21)22)9-14(8-12)19(23,24)25/h2-9H,10H2,1H3. The molecule has 0 N–H and O–H groups in total. The number of alkyl halides is 6. The predicted molar refractivity (Wildman–Crippen MR) is 92.7 cm³/mol. The van der Waals surface area contributed by atoms with Crippen LogP contribution in [0.2, 0.25) is 0 Å². The van der Waals surface area contributed by atoms with E-state index >= 15 is 0 Å². The number of benzene rings is 2. The zero-order valence-electron chi connectivity index (χ0n) is 14.4. The van der Waals surface area contributed by atoms with E-state index in [9.17, 15) is 26.3 Å². The van der Waals surface area contributed by atoms with Crippen LogP contribution in [0.25, 0.3) is 11.5 Å². The van der Waals surface area contributed by atoms with Crippen molar-refractivity contribution in [1.29, 1.82) is 0 Å². The molecule has 0 saturated carbocycles. The van der Waals surface area contributed by atoms with Crippen molar-refractivity contribution in [3.05, 3.63) is 71.1 Å². The molecular weight excluding hydrogens is 404 g/mol. The third-order valence-electron chi connectivity index (χ3n) is 3.85. The maximum atomic E-state index is 13.0. The number of halogens is 6. The molecule has 0 fully saturated rings. The number of aryl methyl sites for hydroxylation is 1. The molecule has 0 saturated heterocycles. The second-order valence-electron chi connectivity index (χ2n) is 5.92. The summed E-state index contributed by atoms with van der Waals surface area (Å²) in [6.45, 7) is 1.57. The van der Waals surface area contributed by atoms with Crippen LogP contribution in [0.5, 0.6) is 0 Å². The number of oxazole rings is 1. The summed E-state index contributed by atoms with van der Waals surface area (Å²) in [5.74, 6) is 0.423. The highest BCUT2D eigenvalue weighted by molar-refractivity contribution is 7.98. The van der Waals surface area contributed by atoms with E-state index in [0.29, 0.717) is 29.3 Å². The first-order valence-corrected chi connectivity index (χ1v) is 8.96. The molecule has 1 aromatic heterocycles. The smallest absolute Gasteiger partial charge is 0.416 e. The summed E-state index contributed by atoms with van der Waals surface area (Å²) >= 11 is 1.43. The lowest BCUT2D eigenvalue weighted by molar-refractivity contribution is -0.143. The summed E-state index contributed by atoms with van der Waals surface area (Å²) in [7, 11) is 0. The van der Waals surface area contributed by atoms with Gasteiger partial charge in [0.2, 0.25) is 5.89 Å². The van der Waals surface area contributed by atoms with Gasteiger partial charge in [0.1, 0.15) is 5.76 Å². The zero-order valence-corrected chi connectivity index (χ0v) is 15.2. The molecule has 0 aliphatic carbocycles. The van der Waals surface area contributed by atoms with Crippen LogP contribution in [-0.2, 0) is 18.1 Å². The van der Waals surface area contributed by atoms with Gasteiger partial charge in [-0.15, -0.1) is 11.8 Å². The fraction of sp³-hybridized carbons (Fsp3) is 0.211. The molecule has 0 spiro atoms. The molecule has 0 aliphatic rings. The van der Waals surface area contributed by atoms with E-state index < -0.39 is 23.5 Å². The Bertz CT molecular complexity index is 931. The minimum Gasteiger partial charge on any atom is -0.441 e. The molecule has 0 aliphatic heterocycles. The third-order valence-corrected chi connectivity index (χ3v) is 4.87. The van der Waals surface area contributed by atoms with Crippen LogP contribution in [0, 0.1) is 6.92 Å². The third kappa shape index (κ3) is 4.70. The van der Waals surface area contributed by atoms with E-state index in [1.807, 2.05) is 30.3 Å². The maximum absolute atomic E-state index is 13.0. The number of aromatic nitrogens is 1. The van der Waals surface area contributed by atoms with E-state index in [1.54, 1.807) is 6.92 Å². The van der Waals surface area contributed by atoms with E-state index in [2.05, 4.69) is 4.98 Å². The Hall–Kier alpha value is -2.42. The zero-order chi connectivity index (χ0) is 20.5. The molecule has 2 aromatic carbocycles. The van der Waals surface area contributed by atoms with Gasteiger partial charge in [-0.1, -0.05) is 18.2 Å². The number of nitrogens with zero attached hydrogens (tertiary/aromatic N) is 1. The summed E-state index contributed by atoms with van der Waals surface area (Å²) in [5, 5.41) is 0. The Morgan fingerprint density at radius 1 is 0.893 bits per heavy atom. The number of rotatable bonds is 4. The quantitative estimate of drug-likeness (QED) is 0.338. The SMILES string of the molecule is Cc1oc(-c2cc(C(F)(F)F)cc(C(F)(F)F)c2)nc1CSc1ccccc1. The van der Waals surface area contributed by atoms with E-state index in [4.69, 9.17) is 4.42 Å². The van der Waals surface area contributed by atoms with Crippen molar-refractivity contribution in [3.63, 3.8) is 0 Å². The lowest BCUT2D eigenvalue weighted by Crippen LogP contribution is -2.11. The van der Waals surface area contributed by atoms with Crippen molar-refractivity contribution in [2.45, 2.75) is 29.9 Å². The van der Waals surface area contributed by atoms with Crippen LogP contribution in [0.3, 0.4) is 0 Å². The first-order chi connectivity index (χ1) is 13.0. The first kappa shape index (κ1) is 20.3. The number of thioether (sulfide) groups is 1. The Morgan fingerprint density at radius 2 is 1.46 bits per heavy atom. The van der Waals surface area contributed by atoms with Crippen molar-refractivity contribution in [2.75, 3.05) is 0 Å². The van der Waals surface area contributed by atoms with E-state index in [0.717, 1.165) is 4.90 Å². The van der Waals surface area contributed by atoms with Gasteiger partial charge in [0.05, 0.1) is 16.8 Å². The summed E-state index contributed by atoms with van der Waals surface area (Å²) in [5.41, 5.74) is -2.74. The average Bonchev–Trinajstić information content (AvgIpc) is 3.00. The fourth-order valence-electron chi connectivity index (χ4n) is 2.43. The summed E-state index contributed by atoms with van der Waals surface area (Å²) in [6, 6.07) is 10.6. The lowest BCUT2D eigenvalue weighted by Gasteiger charge is -2.13. The highest BCUT2D eigenvalue weighted by Crippen LogP contribution is 2.39. The molecule has 9 heteroatoms. The molecule has 148 valence electrons. The van der Waals surface area contributed by atoms with Crippen LogP contribution in [0.1, 0.15) is 22.6 Å². The van der Waals surface area contributed by atoms with Gasteiger partial charge < -0.3 is 4.42 Å². The molecule has 3 aromatic rings. The van der Waals surface area contributed by atoms with Gasteiger partial charge in [-0.25, -0.2) is 4.98 Å². The second kappa shape index (κ2) is 7.54. The van der Waals surface area contributed by atoms with Gasteiger partial charge in [-0.3, -0.25) is 0 Å². The maximum Gasteiger partial charge on any atom is 0.416 e. The van der Waals surface area contributed by atoms with Crippen LogP contribution in [0.4, 0.5) is 26.3 Å². The lowest BCUT2D eigenvalue weighted by atomic mass is 10.0. The van der Waals surface area contributed by atoms with Crippen molar-refractivity contribution >= 4 is 11.8 Å². The largest absolute Gasteiger partial charge is 0.441 e. The van der Waals surface area contributed by atoms with Crippen LogP contribution < -0.4 is 0 Å². The highest BCUT2D eigenvalue weighted by Gasteiger charge is 2.37. The monoisotopic (exact) mass is 417 g/mol. The predicted octanol–water partition coefficient (Wildman–Crippen LogP) is 6.98. The molecule has 1 heterocycles. The minimum atomic E-state index is -4.93. The van der Waals surface area contributed by atoms with Crippen LogP contribution >= 0.6 is 11.8 Å². The molecule has 0 radical (unpaired) electrons. The summed E-state index contributed by atoms with van der Waals surface area (Å²) < 4.78 is 83.5. The Morgan fingerprint density at radius 3 is 2.00 bits per heavy atom. The second-order valence-corrected chi connectivity index (χ2v) is 6.97. The Kier molecular flexibility index (Phi) is 5.47. The van der Waals surface area contributed by atoms with Crippen LogP contribution in [0.15, 0.2) is 57.8 Å². The molecule has 0 amide bonds. The Labute approximate surface area is 160 Å². The van der Waals surface area contributed by atoms with Crippen LogP contribution in [-0.4, -0.2) is 4.98 Å². The molecule has 3 rings (SSSR count). The summed E-state index contributed by atoms with van der Waals surface area (Å²) in [6.07, 6.45) is -9.85. The highest BCUT2D eigenvalue weighted by atomic mass is 32.2. The van der Waals surface area contributed by atoms with E-state index in [-0.39, 0.29) is 17.5 Å². The molecule has 28 heavy (non-hydrogen) atoms. The summed E-state index contributed by atoms with van der Waals surface area (Å²) in [4.78, 5) is 5.07. The van der Waals surface area contributed by atoms with Gasteiger partial charge in [-0.05, 0) is 37.3 Å². The number of hydrogen-bond donors (Lipinski definition) is 0. The molecule has 0 atom stereocenters. The van der Waals surface area contributed by atoms with Gasteiger partial charge >= 0.3 is 12.4 Å². The van der Waals surface area contributed by atoms with Gasteiger partial charge in [-0.2, -0.15) is 26.3 Å². The normalized spacial score (nSPS) is 12.4. The molecule has 0 bridgehead atoms. The fourth-order valence-corrected chi connectivity index (χ4v) is 3.35. The van der Waals surface area contributed by atoms with Gasteiger partial charge in [0, 0.05) is 16.2 Å². The minimum absolute atomic E-state index is 0.0749. The van der Waals surface area contributed by atoms with Crippen molar-refractivity contribution in [3.8, 4) is 11.5 Å².